The summed E-state index contributed by atoms with van der Waals surface area (Å²) in [6, 6.07) is 7.37. The van der Waals surface area contributed by atoms with Gasteiger partial charge in [-0.05, 0) is 24.6 Å². The minimum absolute atomic E-state index is 0.565. The predicted molar refractivity (Wildman–Crippen MR) is 63.0 cm³/mol. The fourth-order valence-corrected chi connectivity index (χ4v) is 1.79. The van der Waals surface area contributed by atoms with Crippen LogP contribution in [0.5, 0.6) is 0 Å². The third-order valence-electron chi connectivity index (χ3n) is 2.79. The lowest BCUT2D eigenvalue weighted by Gasteiger charge is -2.12. The predicted octanol–water partition coefficient (Wildman–Crippen LogP) is 1.59. The molecule has 1 heterocycles. The van der Waals surface area contributed by atoms with Crippen molar-refractivity contribution in [1.82, 2.24) is 0 Å². The lowest BCUT2D eigenvalue weighted by Crippen LogP contribution is -2.14. The standard InChI is InChI=1S/C12H15N3O/c13-6-9-1-2-12(11(14)5-9)15-7-10-3-4-16-8-10/h1-2,5,10,15H,3-4,7-8,14H2/t10-/m1/s1. The van der Waals surface area contributed by atoms with E-state index >= 15 is 0 Å². The number of hydrogen-bond donors (Lipinski definition) is 2. The average molecular weight is 217 g/mol. The second-order valence-electron chi connectivity index (χ2n) is 4.02. The number of nitrogens with one attached hydrogen (secondary N) is 1. The molecular weight excluding hydrogens is 202 g/mol. The first-order chi connectivity index (χ1) is 7.79. The van der Waals surface area contributed by atoms with Crippen molar-refractivity contribution in [3.05, 3.63) is 23.8 Å². The SMILES string of the molecule is N#Cc1ccc(NC[C@H]2CCOC2)c(N)c1. The average Bonchev–Trinajstić information content (AvgIpc) is 2.80. The molecule has 1 atom stereocenters. The smallest absolute Gasteiger partial charge is 0.0992 e. The van der Waals surface area contributed by atoms with Crippen LogP contribution in [0.2, 0.25) is 0 Å². The van der Waals surface area contributed by atoms with Gasteiger partial charge in [-0.25, -0.2) is 0 Å². The zero-order valence-electron chi connectivity index (χ0n) is 9.07. The summed E-state index contributed by atoms with van der Waals surface area (Å²) in [7, 11) is 0. The number of rotatable bonds is 3. The van der Waals surface area contributed by atoms with Crippen molar-refractivity contribution in [3.63, 3.8) is 0 Å². The number of nitriles is 1. The number of anilines is 2. The van der Waals surface area contributed by atoms with Crippen LogP contribution in [0.4, 0.5) is 11.4 Å². The highest BCUT2D eigenvalue weighted by Crippen LogP contribution is 2.21. The molecule has 4 heteroatoms. The molecule has 1 fully saturated rings. The third kappa shape index (κ3) is 2.44. The van der Waals surface area contributed by atoms with Gasteiger partial charge in [0.2, 0.25) is 0 Å². The Morgan fingerprint density at radius 3 is 3.06 bits per heavy atom. The second kappa shape index (κ2) is 4.86. The minimum Gasteiger partial charge on any atom is -0.397 e. The Morgan fingerprint density at radius 2 is 2.44 bits per heavy atom. The van der Waals surface area contributed by atoms with Crippen molar-refractivity contribution in [2.45, 2.75) is 6.42 Å². The molecule has 0 spiro atoms. The summed E-state index contributed by atoms with van der Waals surface area (Å²) in [5.41, 5.74) is 7.94. The van der Waals surface area contributed by atoms with Gasteiger partial charge in [0.15, 0.2) is 0 Å². The van der Waals surface area contributed by atoms with E-state index in [1.54, 1.807) is 12.1 Å². The Morgan fingerprint density at radius 1 is 1.56 bits per heavy atom. The molecule has 0 aliphatic carbocycles. The number of nitrogens with zero attached hydrogens (tertiary/aromatic N) is 1. The largest absolute Gasteiger partial charge is 0.397 e. The van der Waals surface area contributed by atoms with Crippen molar-refractivity contribution in [2.75, 3.05) is 30.8 Å². The third-order valence-corrected chi connectivity index (χ3v) is 2.79. The van der Waals surface area contributed by atoms with Gasteiger partial charge in [-0.15, -0.1) is 0 Å². The van der Waals surface area contributed by atoms with E-state index in [2.05, 4.69) is 11.4 Å². The van der Waals surface area contributed by atoms with Gasteiger partial charge in [0.1, 0.15) is 0 Å². The monoisotopic (exact) mass is 217 g/mol. The summed E-state index contributed by atoms with van der Waals surface area (Å²) in [4.78, 5) is 0. The maximum absolute atomic E-state index is 8.71. The minimum atomic E-state index is 0.565. The van der Waals surface area contributed by atoms with Crippen LogP contribution in [-0.2, 0) is 4.74 Å². The molecule has 0 bridgehead atoms. The van der Waals surface area contributed by atoms with Gasteiger partial charge in [-0.3, -0.25) is 0 Å². The Bertz CT molecular complexity index is 405. The summed E-state index contributed by atoms with van der Waals surface area (Å²) in [5.74, 6) is 0.565. The first-order valence-electron chi connectivity index (χ1n) is 5.41. The summed E-state index contributed by atoms with van der Waals surface area (Å²) >= 11 is 0. The summed E-state index contributed by atoms with van der Waals surface area (Å²) in [5, 5.41) is 12.0. The van der Waals surface area contributed by atoms with Crippen LogP contribution < -0.4 is 11.1 Å². The molecule has 4 nitrogen and oxygen atoms in total. The van der Waals surface area contributed by atoms with E-state index in [0.717, 1.165) is 31.9 Å². The normalized spacial score (nSPS) is 19.3. The topological polar surface area (TPSA) is 71.1 Å². The Kier molecular flexibility index (Phi) is 3.28. The molecule has 0 radical (unpaired) electrons. The van der Waals surface area contributed by atoms with Crippen LogP contribution in [0.15, 0.2) is 18.2 Å². The molecule has 3 N–H and O–H groups in total. The number of nitrogen functional groups attached to an aromatic ring is 1. The van der Waals surface area contributed by atoms with Gasteiger partial charge in [-0.2, -0.15) is 5.26 Å². The molecular formula is C12H15N3O. The molecule has 1 aliphatic heterocycles. The first-order valence-corrected chi connectivity index (χ1v) is 5.41. The molecule has 0 saturated carbocycles. The van der Waals surface area contributed by atoms with Crippen molar-refractivity contribution >= 4 is 11.4 Å². The first kappa shape index (κ1) is 10.8. The van der Waals surface area contributed by atoms with Crippen LogP contribution >= 0.6 is 0 Å². The second-order valence-corrected chi connectivity index (χ2v) is 4.02. The maximum Gasteiger partial charge on any atom is 0.0992 e. The number of benzene rings is 1. The molecule has 1 aliphatic rings. The molecule has 2 rings (SSSR count). The fraction of sp³-hybridized carbons (Fsp3) is 0.417. The van der Waals surface area contributed by atoms with Gasteiger partial charge in [0, 0.05) is 19.1 Å². The molecule has 1 saturated heterocycles. The van der Waals surface area contributed by atoms with Crippen molar-refractivity contribution in [3.8, 4) is 6.07 Å². The van der Waals surface area contributed by atoms with Crippen molar-refractivity contribution < 1.29 is 4.74 Å². The van der Waals surface area contributed by atoms with Crippen LogP contribution in [0.1, 0.15) is 12.0 Å². The maximum atomic E-state index is 8.71. The molecule has 84 valence electrons. The van der Waals surface area contributed by atoms with Crippen LogP contribution in [0.25, 0.3) is 0 Å². The lowest BCUT2D eigenvalue weighted by atomic mass is 10.1. The van der Waals surface area contributed by atoms with E-state index in [9.17, 15) is 0 Å². The summed E-state index contributed by atoms with van der Waals surface area (Å²) in [6.07, 6.45) is 1.10. The van der Waals surface area contributed by atoms with Crippen molar-refractivity contribution in [1.29, 1.82) is 5.26 Å². The quantitative estimate of drug-likeness (QED) is 0.754. The molecule has 1 aromatic carbocycles. The zero-order valence-corrected chi connectivity index (χ0v) is 9.07. The van der Waals surface area contributed by atoms with E-state index in [0.29, 0.717) is 17.2 Å². The Labute approximate surface area is 95.0 Å². The molecule has 0 unspecified atom stereocenters. The zero-order chi connectivity index (χ0) is 11.4. The van der Waals surface area contributed by atoms with Gasteiger partial charge < -0.3 is 15.8 Å². The Hall–Kier alpha value is -1.73. The highest BCUT2D eigenvalue weighted by molar-refractivity contribution is 5.68. The molecule has 1 aromatic rings. The van der Waals surface area contributed by atoms with Gasteiger partial charge >= 0.3 is 0 Å². The number of hydrogen-bond acceptors (Lipinski definition) is 4. The van der Waals surface area contributed by atoms with E-state index < -0.39 is 0 Å². The molecule has 16 heavy (non-hydrogen) atoms. The van der Waals surface area contributed by atoms with Gasteiger partial charge in [0.25, 0.3) is 0 Å². The number of nitrogens with two attached hydrogens (primary N) is 1. The molecule has 0 aromatic heterocycles. The number of ether oxygens (including phenoxy) is 1. The van der Waals surface area contributed by atoms with E-state index in [1.807, 2.05) is 6.07 Å². The fourth-order valence-electron chi connectivity index (χ4n) is 1.79. The molecule has 0 amide bonds. The summed E-state index contributed by atoms with van der Waals surface area (Å²) < 4.78 is 5.30. The Balaban J connectivity index is 1.96. The van der Waals surface area contributed by atoms with E-state index in [1.165, 1.54) is 0 Å². The van der Waals surface area contributed by atoms with Gasteiger partial charge in [-0.1, -0.05) is 0 Å². The summed E-state index contributed by atoms with van der Waals surface area (Å²) in [6.45, 7) is 2.55. The van der Waals surface area contributed by atoms with Gasteiger partial charge in [0.05, 0.1) is 29.6 Å². The van der Waals surface area contributed by atoms with Crippen molar-refractivity contribution in [2.24, 2.45) is 5.92 Å². The highest BCUT2D eigenvalue weighted by atomic mass is 16.5. The highest BCUT2D eigenvalue weighted by Gasteiger charge is 2.15. The van der Waals surface area contributed by atoms with Crippen LogP contribution in [0, 0.1) is 17.2 Å². The van der Waals surface area contributed by atoms with Crippen LogP contribution in [-0.4, -0.2) is 19.8 Å². The van der Waals surface area contributed by atoms with E-state index in [-0.39, 0.29) is 0 Å². The van der Waals surface area contributed by atoms with E-state index in [4.69, 9.17) is 15.7 Å². The lowest BCUT2D eigenvalue weighted by molar-refractivity contribution is 0.187. The van der Waals surface area contributed by atoms with Crippen LogP contribution in [0.3, 0.4) is 0 Å².